The number of urea groups is 1. The van der Waals surface area contributed by atoms with Crippen LogP contribution < -0.4 is 10.0 Å². The van der Waals surface area contributed by atoms with Crippen molar-refractivity contribution in [2.45, 2.75) is 44.9 Å². The molecule has 0 bridgehead atoms. The van der Waals surface area contributed by atoms with Gasteiger partial charge in [-0.05, 0) is 87.2 Å². The standard InChI is InChI=1S/C20H30N4OS/c1-23(2)12-14-9-10-24(13-14)26-22-20(25)21-19-17-7-3-5-15(17)11-16-6-4-8-18(16)19/h11,14H,3-10,12-13H2,1-2H3,(H2,21,22,25). The minimum Gasteiger partial charge on any atom is -0.309 e. The molecule has 5 nitrogen and oxygen atoms in total. The number of amides is 2. The molecule has 1 atom stereocenters. The minimum atomic E-state index is -0.0829. The van der Waals surface area contributed by atoms with Crippen molar-refractivity contribution in [2.24, 2.45) is 5.92 Å². The predicted molar refractivity (Wildman–Crippen MR) is 108 cm³/mol. The summed E-state index contributed by atoms with van der Waals surface area (Å²) in [4.78, 5) is 14.8. The number of fused-ring (bicyclic) bond motifs is 2. The number of anilines is 1. The summed E-state index contributed by atoms with van der Waals surface area (Å²) in [5.74, 6) is 0.697. The van der Waals surface area contributed by atoms with Crippen LogP contribution in [-0.4, -0.2) is 49.0 Å². The second-order valence-corrected chi connectivity index (χ2v) is 9.09. The molecular formula is C20H30N4OS. The molecular weight excluding hydrogens is 344 g/mol. The second-order valence-electron chi connectivity index (χ2n) is 8.19. The van der Waals surface area contributed by atoms with Crippen molar-refractivity contribution < 1.29 is 4.79 Å². The van der Waals surface area contributed by atoms with Crippen LogP contribution in [0.25, 0.3) is 0 Å². The van der Waals surface area contributed by atoms with Gasteiger partial charge in [-0.25, -0.2) is 9.10 Å². The van der Waals surface area contributed by atoms with E-state index in [9.17, 15) is 4.79 Å². The Bertz CT molecular complexity index is 659. The van der Waals surface area contributed by atoms with Gasteiger partial charge in [-0.1, -0.05) is 6.07 Å². The van der Waals surface area contributed by atoms with Gasteiger partial charge < -0.3 is 10.2 Å². The fourth-order valence-corrected chi connectivity index (χ4v) is 5.50. The van der Waals surface area contributed by atoms with E-state index in [2.05, 4.69) is 39.4 Å². The zero-order chi connectivity index (χ0) is 18.1. The third-order valence-electron chi connectivity index (χ3n) is 5.85. The number of nitrogens with zero attached hydrogens (tertiary/aromatic N) is 2. The highest BCUT2D eigenvalue weighted by molar-refractivity contribution is 7.95. The Balaban J connectivity index is 1.35. The monoisotopic (exact) mass is 374 g/mol. The Morgan fingerprint density at radius 3 is 2.54 bits per heavy atom. The topological polar surface area (TPSA) is 47.6 Å². The summed E-state index contributed by atoms with van der Waals surface area (Å²) in [5.41, 5.74) is 6.81. The smallest absolute Gasteiger partial charge is 0.309 e. The van der Waals surface area contributed by atoms with E-state index in [1.807, 2.05) is 0 Å². The maximum absolute atomic E-state index is 12.6. The zero-order valence-electron chi connectivity index (χ0n) is 15.9. The molecule has 2 amide bonds. The van der Waals surface area contributed by atoms with Gasteiger partial charge in [0.15, 0.2) is 0 Å². The number of hydrogen-bond donors (Lipinski definition) is 2. The van der Waals surface area contributed by atoms with Crippen molar-refractivity contribution in [1.82, 2.24) is 13.9 Å². The molecule has 2 aliphatic carbocycles. The van der Waals surface area contributed by atoms with Gasteiger partial charge >= 0.3 is 6.03 Å². The number of hydrogen-bond acceptors (Lipinski definition) is 4. The van der Waals surface area contributed by atoms with E-state index in [1.54, 1.807) is 0 Å². The quantitative estimate of drug-likeness (QED) is 0.777. The Morgan fingerprint density at radius 1 is 1.19 bits per heavy atom. The number of rotatable bonds is 5. The van der Waals surface area contributed by atoms with E-state index in [0.717, 1.165) is 51.0 Å². The summed E-state index contributed by atoms with van der Waals surface area (Å²) in [7, 11) is 4.25. The first-order chi connectivity index (χ1) is 12.6. The van der Waals surface area contributed by atoms with Crippen molar-refractivity contribution >= 4 is 23.9 Å². The number of carbonyl (C=O) groups excluding carboxylic acids is 1. The number of aryl methyl sites for hydroxylation is 2. The predicted octanol–water partition coefficient (Wildman–Crippen LogP) is 3.23. The van der Waals surface area contributed by atoms with Crippen LogP contribution in [0.3, 0.4) is 0 Å². The number of nitrogens with one attached hydrogen (secondary N) is 2. The van der Waals surface area contributed by atoms with Gasteiger partial charge in [-0.3, -0.25) is 4.72 Å². The summed E-state index contributed by atoms with van der Waals surface area (Å²) in [6, 6.07) is 2.32. The van der Waals surface area contributed by atoms with Crippen LogP contribution >= 0.6 is 12.1 Å². The van der Waals surface area contributed by atoms with Gasteiger partial charge in [0.25, 0.3) is 0 Å². The second kappa shape index (κ2) is 7.79. The van der Waals surface area contributed by atoms with E-state index < -0.39 is 0 Å². The summed E-state index contributed by atoms with van der Waals surface area (Å²) >= 11 is 1.46. The third-order valence-corrected chi connectivity index (χ3v) is 6.72. The molecule has 1 aliphatic heterocycles. The number of benzene rings is 1. The fourth-order valence-electron chi connectivity index (χ4n) is 4.76. The molecule has 6 heteroatoms. The highest BCUT2D eigenvalue weighted by Crippen LogP contribution is 2.38. The molecule has 0 saturated carbocycles. The van der Waals surface area contributed by atoms with Crippen LogP contribution in [0.1, 0.15) is 41.5 Å². The molecule has 0 aromatic heterocycles. The fraction of sp³-hybridized carbons (Fsp3) is 0.650. The number of carbonyl (C=O) groups is 1. The van der Waals surface area contributed by atoms with Crippen LogP contribution in [0.2, 0.25) is 0 Å². The lowest BCUT2D eigenvalue weighted by Crippen LogP contribution is -2.29. The molecule has 3 aliphatic rings. The Kier molecular flexibility index (Phi) is 5.43. The minimum absolute atomic E-state index is 0.0829. The largest absolute Gasteiger partial charge is 0.330 e. The van der Waals surface area contributed by atoms with Crippen molar-refractivity contribution in [2.75, 3.05) is 39.0 Å². The van der Waals surface area contributed by atoms with Gasteiger partial charge in [0.1, 0.15) is 0 Å². The van der Waals surface area contributed by atoms with E-state index in [1.165, 1.54) is 53.7 Å². The maximum atomic E-state index is 12.6. The summed E-state index contributed by atoms with van der Waals surface area (Å²) in [6.07, 6.45) is 8.15. The van der Waals surface area contributed by atoms with Crippen LogP contribution in [0.5, 0.6) is 0 Å². The van der Waals surface area contributed by atoms with E-state index >= 15 is 0 Å². The average Bonchev–Trinajstić information content (AvgIpc) is 3.32. The van der Waals surface area contributed by atoms with Crippen LogP contribution in [0.4, 0.5) is 10.5 Å². The van der Waals surface area contributed by atoms with Crippen LogP contribution in [-0.2, 0) is 25.7 Å². The Hall–Kier alpha value is -1.24. The highest BCUT2D eigenvalue weighted by Gasteiger charge is 2.26. The normalized spacial score (nSPS) is 21.9. The zero-order valence-corrected chi connectivity index (χ0v) is 16.8. The SMILES string of the molecule is CN(C)CC1CCN(SNC(=O)Nc2c3c(cc4c2CCC4)CCC3)C1. The molecule has 26 heavy (non-hydrogen) atoms. The van der Waals surface area contributed by atoms with Gasteiger partial charge in [-0.2, -0.15) is 0 Å². The first-order valence-corrected chi connectivity index (χ1v) is 10.7. The lowest BCUT2D eigenvalue weighted by Gasteiger charge is -2.19. The maximum Gasteiger partial charge on any atom is 0.330 e. The Morgan fingerprint density at radius 2 is 1.88 bits per heavy atom. The Labute approximate surface area is 161 Å². The van der Waals surface area contributed by atoms with Gasteiger partial charge in [0.05, 0.1) is 0 Å². The summed E-state index contributed by atoms with van der Waals surface area (Å²) in [6.45, 7) is 3.20. The first kappa shape index (κ1) is 18.1. The molecule has 0 radical (unpaired) electrons. The van der Waals surface area contributed by atoms with Crippen molar-refractivity contribution in [3.05, 3.63) is 28.3 Å². The molecule has 2 N–H and O–H groups in total. The lowest BCUT2D eigenvalue weighted by atomic mass is 9.99. The van der Waals surface area contributed by atoms with Gasteiger partial charge in [0, 0.05) is 37.5 Å². The molecule has 1 aromatic carbocycles. The average molecular weight is 375 g/mol. The molecule has 1 saturated heterocycles. The molecule has 1 heterocycles. The van der Waals surface area contributed by atoms with E-state index in [-0.39, 0.29) is 6.03 Å². The molecule has 1 fully saturated rings. The van der Waals surface area contributed by atoms with Crippen molar-refractivity contribution in [3.8, 4) is 0 Å². The highest BCUT2D eigenvalue weighted by atomic mass is 32.2. The third kappa shape index (κ3) is 3.87. The van der Waals surface area contributed by atoms with Gasteiger partial charge in [-0.15, -0.1) is 0 Å². The van der Waals surface area contributed by atoms with E-state index in [4.69, 9.17) is 0 Å². The summed E-state index contributed by atoms with van der Waals surface area (Å²) < 4.78 is 5.28. The molecule has 1 aromatic rings. The van der Waals surface area contributed by atoms with Crippen molar-refractivity contribution in [1.29, 1.82) is 0 Å². The molecule has 0 spiro atoms. The first-order valence-electron chi connectivity index (χ1n) is 9.90. The molecule has 1 unspecified atom stereocenters. The lowest BCUT2D eigenvalue weighted by molar-refractivity contribution is 0.257. The van der Waals surface area contributed by atoms with Gasteiger partial charge in [0.2, 0.25) is 0 Å². The van der Waals surface area contributed by atoms with E-state index in [0.29, 0.717) is 5.92 Å². The van der Waals surface area contributed by atoms with Crippen LogP contribution in [0.15, 0.2) is 6.07 Å². The summed E-state index contributed by atoms with van der Waals surface area (Å²) in [5, 5.41) is 3.20. The molecule has 142 valence electrons. The van der Waals surface area contributed by atoms with Crippen molar-refractivity contribution in [3.63, 3.8) is 0 Å². The van der Waals surface area contributed by atoms with Crippen LogP contribution in [0, 0.1) is 5.92 Å². The molecule has 4 rings (SSSR count).